The van der Waals surface area contributed by atoms with Crippen molar-refractivity contribution >= 4 is 15.9 Å². The first-order chi connectivity index (χ1) is 7.12. The van der Waals surface area contributed by atoms with Crippen molar-refractivity contribution in [3.05, 3.63) is 46.2 Å². The number of halogens is 2. The van der Waals surface area contributed by atoms with Gasteiger partial charge in [-0.3, -0.25) is 0 Å². The highest BCUT2D eigenvalue weighted by Gasteiger charge is 2.30. The summed E-state index contributed by atoms with van der Waals surface area (Å²) in [5.41, 5.74) is -0.778. The van der Waals surface area contributed by atoms with E-state index in [2.05, 4.69) is 15.9 Å². The molecule has 2 rings (SSSR count). The molecule has 3 heteroatoms. The summed E-state index contributed by atoms with van der Waals surface area (Å²) < 4.78 is 14.4. The molecule has 0 heterocycles. The van der Waals surface area contributed by atoms with Crippen molar-refractivity contribution in [1.29, 1.82) is 0 Å². The van der Waals surface area contributed by atoms with Crippen molar-refractivity contribution in [3.8, 4) is 0 Å². The first-order valence-corrected chi connectivity index (χ1v) is 5.77. The van der Waals surface area contributed by atoms with Crippen molar-refractivity contribution in [2.45, 2.75) is 24.9 Å². The Bertz CT molecular complexity index is 403. The van der Waals surface area contributed by atoms with Crippen LogP contribution in [0.2, 0.25) is 0 Å². The second kappa shape index (κ2) is 4.06. The molecule has 1 aromatic rings. The number of benzene rings is 1. The molecule has 1 atom stereocenters. The van der Waals surface area contributed by atoms with E-state index in [1.165, 1.54) is 6.07 Å². The van der Waals surface area contributed by atoms with Crippen LogP contribution in [0.5, 0.6) is 0 Å². The Morgan fingerprint density at radius 2 is 2.20 bits per heavy atom. The third-order valence-electron chi connectivity index (χ3n) is 2.72. The summed E-state index contributed by atoms with van der Waals surface area (Å²) in [4.78, 5) is 0. The van der Waals surface area contributed by atoms with Crippen LogP contribution in [0, 0.1) is 5.82 Å². The number of aliphatic hydroxyl groups is 1. The maximum absolute atomic E-state index is 13.6. The molecule has 1 aromatic carbocycles. The molecule has 0 aromatic heterocycles. The lowest BCUT2D eigenvalue weighted by Gasteiger charge is -2.28. The smallest absolute Gasteiger partial charge is 0.129 e. The topological polar surface area (TPSA) is 20.2 Å². The molecule has 15 heavy (non-hydrogen) atoms. The maximum atomic E-state index is 13.6. The predicted molar refractivity (Wildman–Crippen MR) is 61.0 cm³/mol. The Morgan fingerprint density at radius 1 is 1.40 bits per heavy atom. The quantitative estimate of drug-likeness (QED) is 0.775. The zero-order chi connectivity index (χ0) is 10.9. The highest BCUT2D eigenvalue weighted by molar-refractivity contribution is 9.10. The lowest BCUT2D eigenvalue weighted by atomic mass is 9.84. The Labute approximate surface area is 96.8 Å². The molecule has 0 saturated heterocycles. The summed E-state index contributed by atoms with van der Waals surface area (Å²) in [6.45, 7) is 0. The summed E-state index contributed by atoms with van der Waals surface area (Å²) in [6.07, 6.45) is 6.03. The zero-order valence-corrected chi connectivity index (χ0v) is 9.80. The average molecular weight is 271 g/mol. The van der Waals surface area contributed by atoms with E-state index < -0.39 is 5.60 Å². The van der Waals surface area contributed by atoms with Gasteiger partial charge in [0.05, 0.1) is 0 Å². The Kier molecular flexibility index (Phi) is 2.94. The number of hydrogen-bond acceptors (Lipinski definition) is 1. The fraction of sp³-hybridized carbons (Fsp3) is 0.333. The van der Waals surface area contributed by atoms with Gasteiger partial charge >= 0.3 is 0 Å². The fourth-order valence-corrected chi connectivity index (χ4v) is 2.27. The minimum atomic E-state index is -1.13. The lowest BCUT2D eigenvalue weighted by molar-refractivity contribution is 0.0687. The van der Waals surface area contributed by atoms with E-state index in [9.17, 15) is 9.50 Å². The van der Waals surface area contributed by atoms with Crippen LogP contribution in [-0.4, -0.2) is 5.11 Å². The molecule has 0 aliphatic heterocycles. The van der Waals surface area contributed by atoms with E-state index >= 15 is 0 Å². The molecule has 1 aliphatic carbocycles. The molecular formula is C12H12BrFO. The third-order valence-corrected chi connectivity index (χ3v) is 3.21. The van der Waals surface area contributed by atoms with Crippen LogP contribution in [-0.2, 0) is 5.60 Å². The van der Waals surface area contributed by atoms with Gasteiger partial charge in [-0.1, -0.05) is 28.1 Å². The van der Waals surface area contributed by atoms with Gasteiger partial charge in [-0.25, -0.2) is 4.39 Å². The molecule has 1 N–H and O–H groups in total. The minimum absolute atomic E-state index is 0.354. The number of allylic oxidation sites excluding steroid dienone is 1. The van der Waals surface area contributed by atoms with Gasteiger partial charge in [0.1, 0.15) is 11.4 Å². The van der Waals surface area contributed by atoms with Crippen molar-refractivity contribution in [2.75, 3.05) is 0 Å². The van der Waals surface area contributed by atoms with E-state index in [-0.39, 0.29) is 5.82 Å². The normalized spacial score (nSPS) is 25.5. The van der Waals surface area contributed by atoms with E-state index in [0.717, 1.165) is 17.3 Å². The van der Waals surface area contributed by atoms with Crippen LogP contribution in [0.1, 0.15) is 24.8 Å². The van der Waals surface area contributed by atoms with Gasteiger partial charge in [0.25, 0.3) is 0 Å². The molecule has 0 radical (unpaired) electrons. The summed E-state index contributed by atoms with van der Waals surface area (Å²) in [6, 6.07) is 4.65. The van der Waals surface area contributed by atoms with E-state index in [4.69, 9.17) is 0 Å². The molecule has 0 bridgehead atoms. The monoisotopic (exact) mass is 270 g/mol. The molecule has 0 fully saturated rings. The van der Waals surface area contributed by atoms with Crippen LogP contribution in [0.25, 0.3) is 0 Å². The largest absolute Gasteiger partial charge is 0.381 e. The Morgan fingerprint density at radius 3 is 2.87 bits per heavy atom. The number of hydrogen-bond donors (Lipinski definition) is 1. The molecule has 0 spiro atoms. The van der Waals surface area contributed by atoms with Gasteiger partial charge in [-0.15, -0.1) is 0 Å². The standard InChI is InChI=1S/C12H12BrFO/c13-9-4-5-11(14)10(8-9)12(15)6-2-1-3-7-12/h2,4-6,8,15H,1,3,7H2. The molecule has 1 nitrogen and oxygen atoms in total. The zero-order valence-electron chi connectivity index (χ0n) is 8.21. The van der Waals surface area contributed by atoms with Gasteiger partial charge in [-0.05, 0) is 37.5 Å². The Balaban J connectivity index is 2.47. The van der Waals surface area contributed by atoms with E-state index in [0.29, 0.717) is 12.0 Å². The summed E-state index contributed by atoms with van der Waals surface area (Å²) >= 11 is 3.29. The highest BCUT2D eigenvalue weighted by atomic mass is 79.9. The van der Waals surface area contributed by atoms with Crippen LogP contribution in [0.4, 0.5) is 4.39 Å². The van der Waals surface area contributed by atoms with Crippen molar-refractivity contribution < 1.29 is 9.50 Å². The first kappa shape index (κ1) is 10.8. The van der Waals surface area contributed by atoms with Gasteiger partial charge in [-0.2, -0.15) is 0 Å². The molecule has 0 amide bonds. The van der Waals surface area contributed by atoms with Crippen LogP contribution < -0.4 is 0 Å². The average Bonchev–Trinajstić information content (AvgIpc) is 2.23. The molecule has 1 aliphatic rings. The lowest BCUT2D eigenvalue weighted by Crippen LogP contribution is -2.26. The van der Waals surface area contributed by atoms with Gasteiger partial charge in [0.15, 0.2) is 0 Å². The third kappa shape index (κ3) is 2.13. The van der Waals surface area contributed by atoms with Crippen LogP contribution in [0.15, 0.2) is 34.8 Å². The van der Waals surface area contributed by atoms with E-state index in [1.54, 1.807) is 18.2 Å². The SMILES string of the molecule is OC1(c2cc(Br)ccc2F)C=CCCC1. The first-order valence-electron chi connectivity index (χ1n) is 4.97. The molecular weight excluding hydrogens is 259 g/mol. The fourth-order valence-electron chi connectivity index (χ4n) is 1.90. The summed E-state index contributed by atoms with van der Waals surface area (Å²) in [7, 11) is 0. The van der Waals surface area contributed by atoms with Crippen molar-refractivity contribution in [1.82, 2.24) is 0 Å². The highest BCUT2D eigenvalue weighted by Crippen LogP contribution is 2.35. The van der Waals surface area contributed by atoms with Crippen LogP contribution in [0.3, 0.4) is 0 Å². The second-order valence-corrected chi connectivity index (χ2v) is 4.76. The summed E-state index contributed by atoms with van der Waals surface area (Å²) in [5.74, 6) is -0.354. The summed E-state index contributed by atoms with van der Waals surface area (Å²) in [5, 5.41) is 10.3. The van der Waals surface area contributed by atoms with Crippen molar-refractivity contribution in [3.63, 3.8) is 0 Å². The van der Waals surface area contributed by atoms with Crippen LogP contribution >= 0.6 is 15.9 Å². The minimum Gasteiger partial charge on any atom is -0.381 e. The second-order valence-electron chi connectivity index (χ2n) is 3.84. The molecule has 80 valence electrons. The van der Waals surface area contributed by atoms with Gasteiger partial charge in [0, 0.05) is 10.0 Å². The number of rotatable bonds is 1. The van der Waals surface area contributed by atoms with Crippen molar-refractivity contribution in [2.24, 2.45) is 0 Å². The predicted octanol–water partition coefficient (Wildman–Crippen LogP) is 3.52. The molecule has 1 unspecified atom stereocenters. The van der Waals surface area contributed by atoms with E-state index in [1.807, 2.05) is 6.08 Å². The van der Waals surface area contributed by atoms with Gasteiger partial charge < -0.3 is 5.11 Å². The Hall–Kier alpha value is -0.670. The molecule has 0 saturated carbocycles. The van der Waals surface area contributed by atoms with Gasteiger partial charge in [0.2, 0.25) is 0 Å². The maximum Gasteiger partial charge on any atom is 0.129 e.